The van der Waals surface area contributed by atoms with Gasteiger partial charge in [0, 0.05) is 25.2 Å². The van der Waals surface area contributed by atoms with E-state index in [-0.39, 0.29) is 12.1 Å². The molecule has 1 saturated heterocycles. The summed E-state index contributed by atoms with van der Waals surface area (Å²) in [6.07, 6.45) is 6.84. The van der Waals surface area contributed by atoms with Crippen molar-refractivity contribution in [3.8, 4) is 0 Å². The number of nitrogens with two attached hydrogens (primary N) is 1. The van der Waals surface area contributed by atoms with Gasteiger partial charge < -0.3 is 15.6 Å². The summed E-state index contributed by atoms with van der Waals surface area (Å²) in [6, 6.07) is 0.565. The Balaban J connectivity index is 1.90. The molecule has 0 amide bonds. The lowest BCUT2D eigenvalue weighted by molar-refractivity contribution is 0.0334. The molecule has 3 atom stereocenters. The van der Waals surface area contributed by atoms with Gasteiger partial charge >= 0.3 is 0 Å². The fourth-order valence-corrected chi connectivity index (χ4v) is 3.62. The highest BCUT2D eigenvalue weighted by atomic mass is 16.5. The van der Waals surface area contributed by atoms with Crippen molar-refractivity contribution in [2.75, 3.05) is 33.4 Å². The van der Waals surface area contributed by atoms with Gasteiger partial charge in [-0.15, -0.1) is 0 Å². The summed E-state index contributed by atoms with van der Waals surface area (Å²) >= 11 is 0. The number of rotatable bonds is 4. The number of likely N-dealkylation sites (tertiary alicyclic amines) is 1. The van der Waals surface area contributed by atoms with Gasteiger partial charge in [-0.05, 0) is 51.0 Å². The minimum Gasteiger partial charge on any atom is -0.394 e. The molecule has 3 N–H and O–H groups in total. The summed E-state index contributed by atoms with van der Waals surface area (Å²) in [7, 11) is 1.79. The van der Waals surface area contributed by atoms with Crippen molar-refractivity contribution >= 4 is 0 Å². The Bertz CT molecular complexity index is 260. The molecule has 2 fully saturated rings. The molecule has 0 aromatic carbocycles. The Kier molecular flexibility index (Phi) is 5.01. The van der Waals surface area contributed by atoms with Gasteiger partial charge in [-0.25, -0.2) is 0 Å². The van der Waals surface area contributed by atoms with Crippen LogP contribution in [-0.2, 0) is 4.74 Å². The van der Waals surface area contributed by atoms with Crippen molar-refractivity contribution < 1.29 is 9.84 Å². The number of piperidine rings is 1. The van der Waals surface area contributed by atoms with Crippen LogP contribution in [0.2, 0.25) is 0 Å². The highest BCUT2D eigenvalue weighted by Gasteiger charge is 2.36. The first-order chi connectivity index (χ1) is 8.67. The second kappa shape index (κ2) is 6.33. The Morgan fingerprint density at radius 2 is 2.22 bits per heavy atom. The molecule has 0 radical (unpaired) electrons. The van der Waals surface area contributed by atoms with Crippen LogP contribution in [0.4, 0.5) is 0 Å². The quantitative estimate of drug-likeness (QED) is 0.787. The normalized spacial score (nSPS) is 38.8. The fourth-order valence-electron chi connectivity index (χ4n) is 3.62. The topological polar surface area (TPSA) is 58.7 Å². The highest BCUT2D eigenvalue weighted by Crippen LogP contribution is 2.31. The Morgan fingerprint density at radius 3 is 2.94 bits per heavy atom. The number of aliphatic hydroxyl groups is 1. The molecule has 0 spiro atoms. The molecule has 3 unspecified atom stereocenters. The first-order valence-corrected chi connectivity index (χ1v) is 7.29. The van der Waals surface area contributed by atoms with Crippen molar-refractivity contribution in [2.45, 2.75) is 50.1 Å². The third-order valence-corrected chi connectivity index (χ3v) is 4.64. The van der Waals surface area contributed by atoms with Crippen LogP contribution >= 0.6 is 0 Å². The maximum Gasteiger partial charge on any atom is 0.0611 e. The fraction of sp³-hybridized carbons (Fsp3) is 1.00. The van der Waals surface area contributed by atoms with Crippen LogP contribution < -0.4 is 5.73 Å². The lowest BCUT2D eigenvalue weighted by Crippen LogP contribution is -2.54. The number of methoxy groups -OCH3 is 1. The van der Waals surface area contributed by atoms with E-state index in [1.165, 1.54) is 25.8 Å². The third kappa shape index (κ3) is 3.44. The van der Waals surface area contributed by atoms with Gasteiger partial charge in [0.2, 0.25) is 0 Å². The standard InChI is InChI=1S/C14H28N2O2/c1-18-10-12-4-3-7-16(9-12)13-5-2-6-14(15,8-13)11-17/h12-13,17H,2-11,15H2,1H3. The molecule has 2 rings (SSSR count). The van der Waals surface area contributed by atoms with Gasteiger partial charge in [-0.2, -0.15) is 0 Å². The average Bonchev–Trinajstić information content (AvgIpc) is 2.40. The summed E-state index contributed by atoms with van der Waals surface area (Å²) < 4.78 is 5.29. The molecule has 1 aliphatic carbocycles. The first kappa shape index (κ1) is 14.3. The van der Waals surface area contributed by atoms with Crippen LogP contribution in [0.1, 0.15) is 38.5 Å². The summed E-state index contributed by atoms with van der Waals surface area (Å²) in [5.74, 6) is 0.673. The SMILES string of the molecule is COCC1CCCN(C2CCCC(N)(CO)C2)C1. The summed E-state index contributed by atoms with van der Waals surface area (Å²) in [6.45, 7) is 3.32. The van der Waals surface area contributed by atoms with E-state index in [1.54, 1.807) is 7.11 Å². The molecule has 18 heavy (non-hydrogen) atoms. The van der Waals surface area contributed by atoms with Crippen LogP contribution in [0, 0.1) is 5.92 Å². The molecule has 4 nitrogen and oxygen atoms in total. The van der Waals surface area contributed by atoms with E-state index in [0.29, 0.717) is 12.0 Å². The van der Waals surface area contributed by atoms with E-state index in [1.807, 2.05) is 0 Å². The summed E-state index contributed by atoms with van der Waals surface area (Å²) in [5, 5.41) is 9.44. The van der Waals surface area contributed by atoms with Gasteiger partial charge in [-0.1, -0.05) is 0 Å². The summed E-state index contributed by atoms with van der Waals surface area (Å²) in [4.78, 5) is 2.59. The molecule has 2 aliphatic rings. The molecular weight excluding hydrogens is 228 g/mol. The largest absolute Gasteiger partial charge is 0.394 e. The number of ether oxygens (including phenoxy) is 1. The minimum absolute atomic E-state index is 0.124. The molecule has 1 heterocycles. The zero-order valence-corrected chi connectivity index (χ0v) is 11.6. The molecule has 106 valence electrons. The van der Waals surface area contributed by atoms with Gasteiger partial charge in [0.25, 0.3) is 0 Å². The summed E-state index contributed by atoms with van der Waals surface area (Å²) in [5.41, 5.74) is 5.91. The van der Waals surface area contributed by atoms with Crippen molar-refractivity contribution in [1.82, 2.24) is 4.90 Å². The maximum absolute atomic E-state index is 9.44. The number of nitrogens with zero attached hydrogens (tertiary/aromatic N) is 1. The Morgan fingerprint density at radius 1 is 1.39 bits per heavy atom. The number of hydrogen-bond donors (Lipinski definition) is 2. The van der Waals surface area contributed by atoms with Crippen LogP contribution in [0.25, 0.3) is 0 Å². The van der Waals surface area contributed by atoms with E-state index < -0.39 is 0 Å². The highest BCUT2D eigenvalue weighted by molar-refractivity contribution is 4.94. The number of aliphatic hydroxyl groups excluding tert-OH is 1. The Hall–Kier alpha value is -0.160. The predicted octanol–water partition coefficient (Wildman–Crippen LogP) is 0.977. The van der Waals surface area contributed by atoms with Crippen molar-refractivity contribution in [2.24, 2.45) is 11.7 Å². The molecule has 0 aromatic heterocycles. The monoisotopic (exact) mass is 256 g/mol. The van der Waals surface area contributed by atoms with Crippen molar-refractivity contribution in [3.63, 3.8) is 0 Å². The maximum atomic E-state index is 9.44. The van der Waals surface area contributed by atoms with Crippen LogP contribution in [-0.4, -0.2) is 55.0 Å². The van der Waals surface area contributed by atoms with E-state index in [2.05, 4.69) is 4.90 Å². The van der Waals surface area contributed by atoms with E-state index in [4.69, 9.17) is 10.5 Å². The molecule has 0 bridgehead atoms. The molecule has 1 saturated carbocycles. The third-order valence-electron chi connectivity index (χ3n) is 4.64. The lowest BCUT2D eigenvalue weighted by Gasteiger charge is -2.44. The van der Waals surface area contributed by atoms with Crippen LogP contribution in [0.3, 0.4) is 0 Å². The van der Waals surface area contributed by atoms with E-state index in [9.17, 15) is 5.11 Å². The van der Waals surface area contributed by atoms with Gasteiger partial charge in [0.15, 0.2) is 0 Å². The van der Waals surface area contributed by atoms with Gasteiger partial charge in [-0.3, -0.25) is 4.90 Å². The second-order valence-corrected chi connectivity index (χ2v) is 6.23. The lowest BCUT2D eigenvalue weighted by atomic mass is 9.79. The van der Waals surface area contributed by atoms with Gasteiger partial charge in [0.1, 0.15) is 0 Å². The Labute approximate surface area is 110 Å². The minimum atomic E-state index is -0.336. The zero-order valence-electron chi connectivity index (χ0n) is 11.6. The smallest absolute Gasteiger partial charge is 0.0611 e. The predicted molar refractivity (Wildman–Crippen MR) is 72.4 cm³/mol. The molecule has 0 aromatic rings. The molecule has 1 aliphatic heterocycles. The average molecular weight is 256 g/mol. The zero-order chi connectivity index (χ0) is 13.0. The number of hydrogen-bond acceptors (Lipinski definition) is 4. The molecule has 4 heteroatoms. The van der Waals surface area contributed by atoms with Gasteiger partial charge in [0.05, 0.1) is 13.2 Å². The second-order valence-electron chi connectivity index (χ2n) is 6.23. The van der Waals surface area contributed by atoms with Crippen LogP contribution in [0.5, 0.6) is 0 Å². The van der Waals surface area contributed by atoms with Crippen LogP contribution in [0.15, 0.2) is 0 Å². The van der Waals surface area contributed by atoms with E-state index >= 15 is 0 Å². The van der Waals surface area contributed by atoms with Crippen molar-refractivity contribution in [3.05, 3.63) is 0 Å². The molecular formula is C14H28N2O2. The van der Waals surface area contributed by atoms with E-state index in [0.717, 1.165) is 32.4 Å². The van der Waals surface area contributed by atoms with Crippen molar-refractivity contribution in [1.29, 1.82) is 0 Å². The first-order valence-electron chi connectivity index (χ1n) is 7.29.